The molecule has 1 atom stereocenters. The van der Waals surface area contributed by atoms with E-state index < -0.39 is 10.0 Å². The number of rotatable bonds is 3. The van der Waals surface area contributed by atoms with Gasteiger partial charge in [-0.05, 0) is 56.0 Å². The third-order valence-corrected chi connectivity index (χ3v) is 7.67. The molecule has 5 nitrogen and oxygen atoms in total. The van der Waals surface area contributed by atoms with Crippen molar-refractivity contribution >= 4 is 33.2 Å². The molecule has 0 unspecified atom stereocenters. The van der Waals surface area contributed by atoms with Crippen LogP contribution < -0.4 is 4.90 Å². The molecular formula is C20H21ClN2O3S. The molecule has 1 saturated heterocycles. The average molecular weight is 405 g/mol. The monoisotopic (exact) mass is 404 g/mol. The van der Waals surface area contributed by atoms with Crippen molar-refractivity contribution < 1.29 is 13.2 Å². The van der Waals surface area contributed by atoms with Crippen molar-refractivity contribution in [3.8, 4) is 0 Å². The Morgan fingerprint density at radius 2 is 1.81 bits per heavy atom. The first kappa shape index (κ1) is 18.5. The molecule has 0 bridgehead atoms. The molecule has 0 aromatic heterocycles. The Morgan fingerprint density at radius 3 is 2.56 bits per heavy atom. The molecule has 142 valence electrons. The lowest BCUT2D eigenvalue weighted by atomic mass is 10.1. The lowest BCUT2D eigenvalue weighted by Gasteiger charge is -2.23. The fraction of sp³-hybridized carbons (Fsp3) is 0.350. The number of carbonyl (C=O) groups excluding carboxylic acids is 1. The minimum atomic E-state index is -3.69. The van der Waals surface area contributed by atoms with Gasteiger partial charge < -0.3 is 4.90 Å². The molecule has 2 aromatic carbocycles. The van der Waals surface area contributed by atoms with Crippen molar-refractivity contribution in [3.63, 3.8) is 0 Å². The molecule has 2 aliphatic heterocycles. The van der Waals surface area contributed by atoms with Gasteiger partial charge in [0.1, 0.15) is 4.90 Å². The molecule has 0 aliphatic carbocycles. The number of fused-ring (bicyclic) bond motifs is 1. The van der Waals surface area contributed by atoms with Crippen molar-refractivity contribution in [2.45, 2.75) is 37.1 Å². The maximum atomic E-state index is 13.2. The van der Waals surface area contributed by atoms with E-state index in [1.165, 1.54) is 16.4 Å². The van der Waals surface area contributed by atoms with Crippen LogP contribution in [0.5, 0.6) is 0 Å². The molecule has 0 spiro atoms. The zero-order chi connectivity index (χ0) is 19.2. The predicted molar refractivity (Wildman–Crippen MR) is 106 cm³/mol. The summed E-state index contributed by atoms with van der Waals surface area (Å²) in [5.41, 5.74) is 2.34. The maximum Gasteiger partial charge on any atom is 0.258 e. The summed E-state index contributed by atoms with van der Waals surface area (Å²) in [6, 6.07) is 12.4. The third-order valence-electron chi connectivity index (χ3n) is 5.29. The van der Waals surface area contributed by atoms with Gasteiger partial charge in [-0.25, -0.2) is 8.42 Å². The Bertz CT molecular complexity index is 1000. The first-order valence-electron chi connectivity index (χ1n) is 9.11. The van der Waals surface area contributed by atoms with E-state index in [1.54, 1.807) is 11.0 Å². The summed E-state index contributed by atoms with van der Waals surface area (Å²) in [6.07, 6.45) is 2.48. The molecule has 0 radical (unpaired) electrons. The van der Waals surface area contributed by atoms with E-state index in [4.69, 9.17) is 11.6 Å². The van der Waals surface area contributed by atoms with Gasteiger partial charge in [-0.15, -0.1) is 0 Å². The van der Waals surface area contributed by atoms with E-state index in [0.29, 0.717) is 18.7 Å². The van der Waals surface area contributed by atoms with Crippen LogP contribution in [0, 0.1) is 0 Å². The van der Waals surface area contributed by atoms with Gasteiger partial charge >= 0.3 is 0 Å². The van der Waals surface area contributed by atoms with Crippen molar-refractivity contribution in [2.24, 2.45) is 0 Å². The predicted octanol–water partition coefficient (Wildman–Crippen LogP) is 3.72. The highest BCUT2D eigenvalue weighted by Crippen LogP contribution is 2.34. The average Bonchev–Trinajstić information content (AvgIpc) is 3.29. The second-order valence-electron chi connectivity index (χ2n) is 7.11. The molecule has 1 fully saturated rings. The van der Waals surface area contributed by atoms with Crippen LogP contribution in [0.4, 0.5) is 5.69 Å². The van der Waals surface area contributed by atoms with Crippen LogP contribution in [0.2, 0.25) is 5.02 Å². The summed E-state index contributed by atoms with van der Waals surface area (Å²) in [4.78, 5) is 15.0. The number of nitrogens with zero attached hydrogens (tertiary/aromatic N) is 2. The van der Waals surface area contributed by atoms with Gasteiger partial charge in [-0.3, -0.25) is 4.79 Å². The van der Waals surface area contributed by atoms with Crippen LogP contribution in [0.15, 0.2) is 47.4 Å². The molecule has 1 amide bonds. The number of para-hydroxylation sites is 1. The smallest absolute Gasteiger partial charge is 0.258 e. The van der Waals surface area contributed by atoms with Crippen LogP contribution in [-0.4, -0.2) is 37.8 Å². The number of halogens is 1. The molecular weight excluding hydrogens is 384 g/mol. The van der Waals surface area contributed by atoms with Gasteiger partial charge in [0, 0.05) is 30.4 Å². The van der Waals surface area contributed by atoms with E-state index in [0.717, 1.165) is 30.5 Å². The van der Waals surface area contributed by atoms with E-state index in [2.05, 4.69) is 0 Å². The SMILES string of the molecule is C[C@@H]1Cc2ccccc2N1C(=O)c1ccc(Cl)c(S(=O)(=O)N2CCCC2)c1. The Morgan fingerprint density at radius 1 is 1.11 bits per heavy atom. The van der Waals surface area contributed by atoms with Gasteiger partial charge in [0.25, 0.3) is 5.91 Å². The Labute approximate surface area is 164 Å². The van der Waals surface area contributed by atoms with Gasteiger partial charge in [-0.2, -0.15) is 4.31 Å². The van der Waals surface area contributed by atoms with Gasteiger partial charge in [0.2, 0.25) is 10.0 Å². The first-order valence-corrected chi connectivity index (χ1v) is 10.9. The fourth-order valence-corrected chi connectivity index (χ4v) is 5.93. The first-order chi connectivity index (χ1) is 12.9. The number of sulfonamides is 1. The van der Waals surface area contributed by atoms with E-state index in [9.17, 15) is 13.2 Å². The molecule has 4 rings (SSSR count). The summed E-state index contributed by atoms with van der Waals surface area (Å²) in [5, 5.41) is 0.147. The quantitative estimate of drug-likeness (QED) is 0.783. The largest absolute Gasteiger partial charge is 0.305 e. The minimum absolute atomic E-state index is 0.0112. The molecule has 0 N–H and O–H groups in total. The van der Waals surface area contributed by atoms with Crippen molar-refractivity contribution in [3.05, 3.63) is 58.6 Å². The van der Waals surface area contributed by atoms with E-state index >= 15 is 0 Å². The normalized spacial score (nSPS) is 20.1. The van der Waals surface area contributed by atoms with E-state index in [1.807, 2.05) is 31.2 Å². The standard InChI is InChI=1S/C20H21ClN2O3S/c1-14-12-15-6-2-3-7-18(15)23(14)20(24)16-8-9-17(21)19(13-16)27(25,26)22-10-4-5-11-22/h2-3,6-9,13-14H,4-5,10-12H2,1H3/t14-/m1/s1. The second kappa shape index (κ2) is 6.93. The number of carbonyl (C=O) groups is 1. The van der Waals surface area contributed by atoms with Crippen LogP contribution in [0.25, 0.3) is 0 Å². The third kappa shape index (κ3) is 3.16. The molecule has 2 aromatic rings. The number of anilines is 1. The zero-order valence-corrected chi connectivity index (χ0v) is 16.6. The Balaban J connectivity index is 1.72. The van der Waals surface area contributed by atoms with Gasteiger partial charge in [-0.1, -0.05) is 29.8 Å². The van der Waals surface area contributed by atoms with Crippen LogP contribution >= 0.6 is 11.6 Å². The zero-order valence-electron chi connectivity index (χ0n) is 15.1. The van der Waals surface area contributed by atoms with Crippen LogP contribution in [-0.2, 0) is 16.4 Å². The minimum Gasteiger partial charge on any atom is -0.305 e. The van der Waals surface area contributed by atoms with E-state index in [-0.39, 0.29) is 21.9 Å². The highest BCUT2D eigenvalue weighted by Gasteiger charge is 2.33. The summed E-state index contributed by atoms with van der Waals surface area (Å²) in [5.74, 6) is -0.206. The highest BCUT2D eigenvalue weighted by molar-refractivity contribution is 7.89. The summed E-state index contributed by atoms with van der Waals surface area (Å²) in [6.45, 7) is 2.98. The molecule has 0 saturated carbocycles. The topological polar surface area (TPSA) is 57.7 Å². The number of hydrogen-bond donors (Lipinski definition) is 0. The van der Waals surface area contributed by atoms with Crippen molar-refractivity contribution in [1.82, 2.24) is 4.31 Å². The number of hydrogen-bond acceptors (Lipinski definition) is 3. The van der Waals surface area contributed by atoms with Crippen molar-refractivity contribution in [2.75, 3.05) is 18.0 Å². The molecule has 7 heteroatoms. The Kier molecular flexibility index (Phi) is 4.74. The van der Waals surface area contributed by atoms with Crippen molar-refractivity contribution in [1.29, 1.82) is 0 Å². The fourth-order valence-electron chi connectivity index (χ4n) is 3.92. The highest BCUT2D eigenvalue weighted by atomic mass is 35.5. The summed E-state index contributed by atoms with van der Waals surface area (Å²) < 4.78 is 27.3. The Hall–Kier alpha value is -1.89. The summed E-state index contributed by atoms with van der Waals surface area (Å²) in [7, 11) is -3.69. The molecule has 27 heavy (non-hydrogen) atoms. The summed E-state index contributed by atoms with van der Waals surface area (Å²) >= 11 is 6.20. The molecule has 2 heterocycles. The maximum absolute atomic E-state index is 13.2. The van der Waals surface area contributed by atoms with Gasteiger partial charge in [0.05, 0.1) is 5.02 Å². The number of benzene rings is 2. The second-order valence-corrected chi connectivity index (χ2v) is 9.43. The lowest BCUT2D eigenvalue weighted by Crippen LogP contribution is -2.36. The van der Waals surface area contributed by atoms with Crippen LogP contribution in [0.1, 0.15) is 35.7 Å². The van der Waals surface area contributed by atoms with Crippen LogP contribution in [0.3, 0.4) is 0 Å². The molecule has 2 aliphatic rings. The lowest BCUT2D eigenvalue weighted by molar-refractivity contribution is 0.0981. The van der Waals surface area contributed by atoms with Gasteiger partial charge in [0.15, 0.2) is 0 Å². The number of amides is 1.